The zero-order valence-electron chi connectivity index (χ0n) is 6.60. The van der Waals surface area contributed by atoms with Gasteiger partial charge in [-0.25, -0.2) is 9.18 Å². The monoisotopic (exact) mass is 217 g/mol. The molecular formula is C7H4FNO4S. The van der Waals surface area contributed by atoms with Gasteiger partial charge in [0.25, 0.3) is 5.69 Å². The molecule has 0 aromatic heterocycles. The van der Waals surface area contributed by atoms with Gasteiger partial charge in [0.1, 0.15) is 5.82 Å². The number of aromatic carboxylic acids is 1. The summed E-state index contributed by atoms with van der Waals surface area (Å²) in [6.45, 7) is 0. The average molecular weight is 217 g/mol. The number of nitro groups is 1. The van der Waals surface area contributed by atoms with Crippen molar-refractivity contribution in [2.24, 2.45) is 0 Å². The van der Waals surface area contributed by atoms with Crippen LogP contribution in [0.3, 0.4) is 0 Å². The Morgan fingerprint density at radius 3 is 2.57 bits per heavy atom. The fourth-order valence-electron chi connectivity index (χ4n) is 0.861. The van der Waals surface area contributed by atoms with Crippen molar-refractivity contribution >= 4 is 24.3 Å². The molecule has 74 valence electrons. The molecule has 0 fully saturated rings. The third-order valence-corrected chi connectivity index (χ3v) is 1.85. The molecule has 7 heteroatoms. The van der Waals surface area contributed by atoms with Crippen LogP contribution in [0.25, 0.3) is 0 Å². The van der Waals surface area contributed by atoms with Crippen molar-refractivity contribution in [3.8, 4) is 0 Å². The molecule has 0 saturated carbocycles. The lowest BCUT2D eigenvalue weighted by Crippen LogP contribution is -2.02. The molecule has 0 bridgehead atoms. The van der Waals surface area contributed by atoms with Gasteiger partial charge >= 0.3 is 5.97 Å². The van der Waals surface area contributed by atoms with Crippen LogP contribution in [0.1, 0.15) is 10.4 Å². The third-order valence-electron chi connectivity index (χ3n) is 1.49. The van der Waals surface area contributed by atoms with Crippen molar-refractivity contribution in [3.63, 3.8) is 0 Å². The quantitative estimate of drug-likeness (QED) is 0.449. The number of nitro benzene ring substituents is 1. The van der Waals surface area contributed by atoms with E-state index in [2.05, 4.69) is 12.6 Å². The molecule has 1 rings (SSSR count). The topological polar surface area (TPSA) is 80.4 Å². The van der Waals surface area contributed by atoms with Gasteiger partial charge < -0.3 is 5.11 Å². The summed E-state index contributed by atoms with van der Waals surface area (Å²) < 4.78 is 12.9. The summed E-state index contributed by atoms with van der Waals surface area (Å²) in [6.07, 6.45) is 0. The Bertz CT molecular complexity index is 381. The Labute approximate surface area is 82.7 Å². The standard InChI is InChI=1S/C7H4FNO4S/c8-4-2-5(9(12)13)6(14)1-3(4)7(10)11/h1-2,14H,(H,10,11). The second-order valence-corrected chi connectivity index (χ2v) is 2.86. The number of hydrogen-bond donors (Lipinski definition) is 2. The van der Waals surface area contributed by atoms with Crippen LogP contribution in [0.2, 0.25) is 0 Å². The van der Waals surface area contributed by atoms with Gasteiger partial charge in [0, 0.05) is 0 Å². The second-order valence-electron chi connectivity index (χ2n) is 2.38. The predicted molar refractivity (Wildman–Crippen MR) is 47.3 cm³/mol. The minimum atomic E-state index is -1.49. The largest absolute Gasteiger partial charge is 0.478 e. The van der Waals surface area contributed by atoms with E-state index in [4.69, 9.17) is 5.11 Å². The molecule has 5 nitrogen and oxygen atoms in total. The fraction of sp³-hybridized carbons (Fsp3) is 0. The molecule has 0 radical (unpaired) electrons. The number of carbonyl (C=O) groups is 1. The van der Waals surface area contributed by atoms with E-state index < -0.39 is 28.0 Å². The minimum Gasteiger partial charge on any atom is -0.478 e. The van der Waals surface area contributed by atoms with Crippen LogP contribution in [0.15, 0.2) is 17.0 Å². The van der Waals surface area contributed by atoms with Crippen molar-refractivity contribution in [3.05, 3.63) is 33.6 Å². The Hall–Kier alpha value is -1.63. The number of halogens is 1. The Morgan fingerprint density at radius 2 is 2.14 bits per heavy atom. The van der Waals surface area contributed by atoms with E-state index in [1.165, 1.54) is 0 Å². The van der Waals surface area contributed by atoms with Crippen LogP contribution in [0, 0.1) is 15.9 Å². The van der Waals surface area contributed by atoms with E-state index in [0.29, 0.717) is 6.07 Å². The number of rotatable bonds is 2. The molecule has 0 heterocycles. The average Bonchev–Trinajstić information content (AvgIpc) is 2.07. The normalized spacial score (nSPS) is 9.86. The number of thiol groups is 1. The summed E-state index contributed by atoms with van der Waals surface area (Å²) in [6, 6.07) is 1.34. The molecule has 0 atom stereocenters. The number of carboxylic acid groups (broad SMARTS) is 1. The summed E-state index contributed by atoms with van der Waals surface area (Å²) in [5.41, 5.74) is -1.20. The van der Waals surface area contributed by atoms with E-state index in [9.17, 15) is 19.3 Å². The molecule has 1 N–H and O–H groups in total. The zero-order valence-corrected chi connectivity index (χ0v) is 7.49. The van der Waals surface area contributed by atoms with E-state index in [1.807, 2.05) is 0 Å². The molecule has 0 saturated heterocycles. The highest BCUT2D eigenvalue weighted by Gasteiger charge is 2.19. The van der Waals surface area contributed by atoms with Gasteiger partial charge in [0.05, 0.1) is 21.4 Å². The van der Waals surface area contributed by atoms with E-state index >= 15 is 0 Å². The zero-order chi connectivity index (χ0) is 10.9. The van der Waals surface area contributed by atoms with Crippen LogP contribution in [-0.4, -0.2) is 16.0 Å². The molecule has 0 aliphatic carbocycles. The molecule has 0 unspecified atom stereocenters. The first kappa shape index (κ1) is 10.5. The van der Waals surface area contributed by atoms with Crippen LogP contribution < -0.4 is 0 Å². The highest BCUT2D eigenvalue weighted by molar-refractivity contribution is 7.80. The van der Waals surface area contributed by atoms with Crippen molar-refractivity contribution in [1.82, 2.24) is 0 Å². The van der Waals surface area contributed by atoms with Gasteiger partial charge in [-0.1, -0.05) is 0 Å². The van der Waals surface area contributed by atoms with Gasteiger partial charge in [0.15, 0.2) is 0 Å². The third kappa shape index (κ3) is 1.82. The van der Waals surface area contributed by atoms with Crippen LogP contribution in [-0.2, 0) is 0 Å². The summed E-state index contributed by atoms with van der Waals surface area (Å²) in [7, 11) is 0. The molecule has 0 aliphatic heterocycles. The molecule has 0 amide bonds. The Kier molecular flexibility index (Phi) is 2.70. The van der Waals surface area contributed by atoms with Crippen molar-refractivity contribution in [2.45, 2.75) is 4.90 Å². The maximum atomic E-state index is 12.9. The van der Waals surface area contributed by atoms with Crippen molar-refractivity contribution in [1.29, 1.82) is 0 Å². The molecule has 1 aromatic rings. The maximum absolute atomic E-state index is 12.9. The molecular weight excluding hydrogens is 213 g/mol. The predicted octanol–water partition coefficient (Wildman–Crippen LogP) is 1.72. The van der Waals surface area contributed by atoms with Crippen molar-refractivity contribution in [2.75, 3.05) is 0 Å². The highest BCUT2D eigenvalue weighted by Crippen LogP contribution is 2.25. The summed E-state index contributed by atoms with van der Waals surface area (Å²) in [5.74, 6) is -2.64. The van der Waals surface area contributed by atoms with Crippen LogP contribution in [0.4, 0.5) is 10.1 Å². The summed E-state index contributed by atoms with van der Waals surface area (Å²) >= 11 is 3.68. The second kappa shape index (κ2) is 3.62. The first-order valence-electron chi connectivity index (χ1n) is 3.33. The van der Waals surface area contributed by atoms with Gasteiger partial charge in [0.2, 0.25) is 0 Å². The summed E-state index contributed by atoms with van der Waals surface area (Å²) in [4.78, 5) is 19.7. The van der Waals surface area contributed by atoms with E-state index in [1.54, 1.807) is 0 Å². The first-order chi connectivity index (χ1) is 6.43. The van der Waals surface area contributed by atoms with Crippen molar-refractivity contribution < 1.29 is 19.2 Å². The van der Waals surface area contributed by atoms with E-state index in [-0.39, 0.29) is 4.90 Å². The number of benzene rings is 1. The smallest absolute Gasteiger partial charge is 0.338 e. The van der Waals surface area contributed by atoms with Gasteiger partial charge in [-0.2, -0.15) is 0 Å². The van der Waals surface area contributed by atoms with Gasteiger partial charge in [-0.05, 0) is 6.07 Å². The number of hydrogen-bond acceptors (Lipinski definition) is 4. The van der Waals surface area contributed by atoms with Gasteiger partial charge in [-0.15, -0.1) is 12.6 Å². The lowest BCUT2D eigenvalue weighted by atomic mass is 10.2. The Morgan fingerprint density at radius 1 is 1.57 bits per heavy atom. The fourth-order valence-corrected chi connectivity index (χ4v) is 1.14. The highest BCUT2D eigenvalue weighted by atomic mass is 32.1. The van der Waals surface area contributed by atoms with Crippen LogP contribution >= 0.6 is 12.6 Å². The molecule has 1 aromatic carbocycles. The van der Waals surface area contributed by atoms with E-state index in [0.717, 1.165) is 6.07 Å². The maximum Gasteiger partial charge on any atom is 0.338 e. The lowest BCUT2D eigenvalue weighted by Gasteiger charge is -1.99. The number of nitrogens with zero attached hydrogens (tertiary/aromatic N) is 1. The summed E-state index contributed by atoms with van der Waals surface area (Å²) in [5, 5.41) is 18.8. The number of carboxylic acids is 1. The SMILES string of the molecule is O=C(O)c1cc(S)c([N+](=O)[O-])cc1F. The van der Waals surface area contributed by atoms with Crippen LogP contribution in [0.5, 0.6) is 0 Å². The lowest BCUT2D eigenvalue weighted by molar-refractivity contribution is -0.387. The minimum absolute atomic E-state index is 0.186. The molecule has 0 spiro atoms. The molecule has 0 aliphatic rings. The molecule has 14 heavy (non-hydrogen) atoms. The van der Waals surface area contributed by atoms with Gasteiger partial charge in [-0.3, -0.25) is 10.1 Å². The Balaban J connectivity index is 3.38. The first-order valence-corrected chi connectivity index (χ1v) is 3.78.